The number of ether oxygens (including phenoxy) is 1. The molecule has 0 spiro atoms. The molecule has 3 aromatic carbocycles. The van der Waals surface area contributed by atoms with Crippen molar-refractivity contribution in [2.75, 3.05) is 16.8 Å². The van der Waals surface area contributed by atoms with E-state index < -0.39 is 23.7 Å². The van der Waals surface area contributed by atoms with E-state index in [0.717, 1.165) is 5.56 Å². The largest absolute Gasteiger partial charge is 0.494 e. The first-order valence-corrected chi connectivity index (χ1v) is 11.4. The van der Waals surface area contributed by atoms with Gasteiger partial charge in [-0.3, -0.25) is 19.5 Å². The van der Waals surface area contributed by atoms with Crippen LogP contribution in [0.25, 0.3) is 0 Å². The van der Waals surface area contributed by atoms with E-state index in [0.29, 0.717) is 29.3 Å². The highest BCUT2D eigenvalue weighted by Crippen LogP contribution is 2.31. The molecule has 1 N–H and O–H groups in total. The molecule has 7 nitrogen and oxygen atoms in total. The Bertz CT molecular complexity index is 1310. The van der Waals surface area contributed by atoms with Crippen LogP contribution in [-0.4, -0.2) is 28.4 Å². The molecule has 36 heavy (non-hydrogen) atoms. The number of aromatic nitrogens is 2. The Morgan fingerprint density at radius 3 is 2.28 bits per heavy atom. The first-order valence-electron chi connectivity index (χ1n) is 11.4. The minimum Gasteiger partial charge on any atom is -0.494 e. The third kappa shape index (κ3) is 5.72. The van der Waals surface area contributed by atoms with Gasteiger partial charge in [0.2, 0.25) is 0 Å². The predicted octanol–water partition coefficient (Wildman–Crippen LogP) is 5.35. The molecular weight excluding hydrogens is 459 g/mol. The molecule has 0 radical (unpaired) electrons. The number of rotatable bonds is 8. The highest BCUT2D eigenvalue weighted by atomic mass is 19.1. The fourth-order valence-corrected chi connectivity index (χ4v) is 3.70. The van der Waals surface area contributed by atoms with Gasteiger partial charge in [0.15, 0.2) is 0 Å². The number of carbonyl (C=O) groups excluding carboxylic acids is 2. The van der Waals surface area contributed by atoms with Crippen LogP contribution >= 0.6 is 0 Å². The number of halogens is 1. The zero-order chi connectivity index (χ0) is 25.5. The molecule has 0 saturated heterocycles. The fourth-order valence-electron chi connectivity index (χ4n) is 3.70. The van der Waals surface area contributed by atoms with Crippen molar-refractivity contribution in [1.82, 2.24) is 9.97 Å². The number of aryl methyl sites for hydroxylation is 1. The van der Waals surface area contributed by atoms with E-state index in [4.69, 9.17) is 4.74 Å². The van der Waals surface area contributed by atoms with Gasteiger partial charge in [0, 0.05) is 23.8 Å². The van der Waals surface area contributed by atoms with E-state index >= 15 is 0 Å². The summed E-state index contributed by atoms with van der Waals surface area (Å²) in [5.74, 6) is -0.764. The second-order valence-corrected chi connectivity index (χ2v) is 8.00. The maximum atomic E-state index is 13.8. The molecule has 1 atom stereocenters. The van der Waals surface area contributed by atoms with Crippen molar-refractivity contribution in [3.8, 4) is 5.75 Å². The maximum absolute atomic E-state index is 13.8. The lowest BCUT2D eigenvalue weighted by Gasteiger charge is -2.31. The van der Waals surface area contributed by atoms with Crippen molar-refractivity contribution >= 4 is 23.2 Å². The molecule has 182 valence electrons. The molecule has 1 aromatic heterocycles. The maximum Gasteiger partial charge on any atom is 0.279 e. The topological polar surface area (TPSA) is 84.4 Å². The van der Waals surface area contributed by atoms with Crippen molar-refractivity contribution in [2.24, 2.45) is 0 Å². The summed E-state index contributed by atoms with van der Waals surface area (Å²) < 4.78 is 19.0. The molecule has 8 heteroatoms. The lowest BCUT2D eigenvalue weighted by molar-refractivity contribution is -0.117. The number of carbonyl (C=O) groups is 2. The number of hydrogen-bond acceptors (Lipinski definition) is 5. The van der Waals surface area contributed by atoms with Crippen molar-refractivity contribution in [3.63, 3.8) is 0 Å². The third-order valence-corrected chi connectivity index (χ3v) is 5.44. The molecule has 0 unspecified atom stereocenters. The number of amides is 2. The summed E-state index contributed by atoms with van der Waals surface area (Å²) in [4.78, 5) is 37.1. The highest BCUT2D eigenvalue weighted by molar-refractivity contribution is 6.11. The Morgan fingerprint density at radius 1 is 0.972 bits per heavy atom. The summed E-state index contributed by atoms with van der Waals surface area (Å²) in [7, 11) is 0. The molecular formula is C28H25FN4O3. The van der Waals surface area contributed by atoms with Gasteiger partial charge in [0.1, 0.15) is 23.3 Å². The van der Waals surface area contributed by atoms with E-state index in [9.17, 15) is 14.0 Å². The highest BCUT2D eigenvalue weighted by Gasteiger charge is 2.34. The Hall–Kier alpha value is -4.59. The van der Waals surface area contributed by atoms with Gasteiger partial charge >= 0.3 is 0 Å². The summed E-state index contributed by atoms with van der Waals surface area (Å²) in [5.41, 5.74) is 2.54. The van der Waals surface area contributed by atoms with Crippen molar-refractivity contribution in [2.45, 2.75) is 19.9 Å². The quantitative estimate of drug-likeness (QED) is 0.365. The van der Waals surface area contributed by atoms with Gasteiger partial charge in [-0.25, -0.2) is 9.37 Å². The Labute approximate surface area is 208 Å². The van der Waals surface area contributed by atoms with Crippen LogP contribution < -0.4 is 15.0 Å². The SMILES string of the molecule is CCOc1ccc([C@H](C(=O)Nc2ccc(F)cc2)N(C(=O)c2cnccn2)c2ccc(C)cc2)cc1. The zero-order valence-corrected chi connectivity index (χ0v) is 19.9. The van der Waals surface area contributed by atoms with Crippen LogP contribution in [0.15, 0.2) is 91.4 Å². The lowest BCUT2D eigenvalue weighted by atomic mass is 10.0. The molecule has 0 aliphatic carbocycles. The van der Waals surface area contributed by atoms with E-state index in [1.807, 2.05) is 26.0 Å². The van der Waals surface area contributed by atoms with Gasteiger partial charge in [0.25, 0.3) is 11.8 Å². The van der Waals surface area contributed by atoms with E-state index in [2.05, 4.69) is 15.3 Å². The number of nitrogens with zero attached hydrogens (tertiary/aromatic N) is 3. The normalized spacial score (nSPS) is 11.4. The molecule has 0 aliphatic rings. The van der Waals surface area contributed by atoms with Gasteiger partial charge in [-0.1, -0.05) is 29.8 Å². The first-order chi connectivity index (χ1) is 17.5. The molecule has 1 heterocycles. The Kier molecular flexibility index (Phi) is 7.65. The van der Waals surface area contributed by atoms with Crippen LogP contribution in [0.4, 0.5) is 15.8 Å². The van der Waals surface area contributed by atoms with E-state index in [1.54, 1.807) is 36.4 Å². The van der Waals surface area contributed by atoms with Gasteiger partial charge in [-0.15, -0.1) is 0 Å². The minimum absolute atomic E-state index is 0.0867. The van der Waals surface area contributed by atoms with Gasteiger partial charge in [0.05, 0.1) is 12.8 Å². The van der Waals surface area contributed by atoms with Crippen LogP contribution in [0.1, 0.15) is 34.6 Å². The average molecular weight is 485 g/mol. The Balaban J connectivity index is 1.82. The molecule has 0 fully saturated rings. The molecule has 4 aromatic rings. The summed E-state index contributed by atoms with van der Waals surface area (Å²) in [5, 5.41) is 2.81. The molecule has 0 saturated carbocycles. The van der Waals surface area contributed by atoms with Crippen LogP contribution in [0.2, 0.25) is 0 Å². The summed E-state index contributed by atoms with van der Waals surface area (Å²) in [6.45, 7) is 4.31. The van der Waals surface area contributed by atoms with Crippen LogP contribution in [0.5, 0.6) is 5.75 Å². The summed E-state index contributed by atoms with van der Waals surface area (Å²) in [6.07, 6.45) is 4.25. The zero-order valence-electron chi connectivity index (χ0n) is 19.9. The van der Waals surface area contributed by atoms with E-state index in [-0.39, 0.29) is 5.69 Å². The average Bonchev–Trinajstić information content (AvgIpc) is 2.90. The number of nitrogens with one attached hydrogen (secondary N) is 1. The molecule has 0 aliphatic heterocycles. The monoisotopic (exact) mass is 484 g/mol. The number of anilines is 2. The van der Waals surface area contributed by atoms with Crippen LogP contribution in [0.3, 0.4) is 0 Å². The van der Waals surface area contributed by atoms with Gasteiger partial charge in [-0.2, -0.15) is 0 Å². The predicted molar refractivity (Wildman–Crippen MR) is 135 cm³/mol. The van der Waals surface area contributed by atoms with Gasteiger partial charge < -0.3 is 10.1 Å². The third-order valence-electron chi connectivity index (χ3n) is 5.44. The molecule has 4 rings (SSSR count). The summed E-state index contributed by atoms with van der Waals surface area (Å²) >= 11 is 0. The second-order valence-electron chi connectivity index (χ2n) is 8.00. The van der Waals surface area contributed by atoms with Crippen LogP contribution in [-0.2, 0) is 4.79 Å². The first kappa shape index (κ1) is 24.5. The molecule has 0 bridgehead atoms. The van der Waals surface area contributed by atoms with Crippen molar-refractivity contribution in [1.29, 1.82) is 0 Å². The summed E-state index contributed by atoms with van der Waals surface area (Å²) in [6, 6.07) is 18.6. The van der Waals surface area contributed by atoms with Crippen LogP contribution in [0, 0.1) is 12.7 Å². The van der Waals surface area contributed by atoms with Crippen molar-refractivity contribution < 1.29 is 18.7 Å². The standard InChI is InChI=1S/C28H25FN4O3/c1-3-36-24-14-6-20(7-15-24)26(27(34)32-22-10-8-21(29)9-11-22)33(23-12-4-19(2)5-13-23)28(35)25-18-30-16-17-31-25/h4-18,26H,3H2,1-2H3,(H,32,34)/t26-/m1/s1. The Morgan fingerprint density at radius 2 is 1.67 bits per heavy atom. The number of benzene rings is 3. The van der Waals surface area contributed by atoms with Crippen molar-refractivity contribution in [3.05, 3.63) is 114 Å². The molecule has 2 amide bonds. The fraction of sp³-hybridized carbons (Fsp3) is 0.143. The van der Waals surface area contributed by atoms with E-state index in [1.165, 1.54) is 47.8 Å². The number of hydrogen-bond donors (Lipinski definition) is 1. The van der Waals surface area contributed by atoms with Gasteiger partial charge in [-0.05, 0) is 67.9 Å². The lowest BCUT2D eigenvalue weighted by Crippen LogP contribution is -2.42. The smallest absolute Gasteiger partial charge is 0.279 e. The minimum atomic E-state index is -1.08. The second kappa shape index (κ2) is 11.2.